The summed E-state index contributed by atoms with van der Waals surface area (Å²) in [5, 5.41) is 0. The minimum atomic E-state index is 0. The molecule has 1 aliphatic heterocycles. The van der Waals surface area contributed by atoms with Gasteiger partial charge in [0.2, 0.25) is 0 Å². The van der Waals surface area contributed by atoms with Crippen LogP contribution in [0.3, 0.4) is 0 Å². The van der Waals surface area contributed by atoms with Gasteiger partial charge in [-0.25, -0.2) is 0 Å². The van der Waals surface area contributed by atoms with Gasteiger partial charge in [0.15, 0.2) is 0 Å². The summed E-state index contributed by atoms with van der Waals surface area (Å²) in [4.78, 5) is 0. The Morgan fingerprint density at radius 1 is 1.17 bits per heavy atom. The van der Waals surface area contributed by atoms with Crippen molar-refractivity contribution >= 4 is 0 Å². The van der Waals surface area contributed by atoms with Crippen molar-refractivity contribution in [3.8, 4) is 0 Å². The van der Waals surface area contributed by atoms with Crippen molar-refractivity contribution in [2.24, 2.45) is 11.8 Å². The number of hydrogen-bond acceptors (Lipinski definition) is 0. The van der Waals surface area contributed by atoms with Crippen molar-refractivity contribution in [2.45, 2.75) is 27.2 Å². The molecule has 0 N–H and O–H groups in total. The minimum absolute atomic E-state index is 0. The molecule has 1 rings (SSSR count). The zero-order chi connectivity index (χ0) is 8.48. The van der Waals surface area contributed by atoms with E-state index in [4.69, 9.17) is 0 Å². The number of hydrogen-bond donors (Lipinski definition) is 0. The van der Waals surface area contributed by atoms with E-state index in [1.807, 2.05) is 0 Å². The highest BCUT2D eigenvalue weighted by Crippen LogP contribution is 2.25. The lowest BCUT2D eigenvalue weighted by Crippen LogP contribution is -3.00. The smallest absolute Gasteiger partial charge is 0.0810 e. The third-order valence-electron chi connectivity index (χ3n) is 3.07. The van der Waals surface area contributed by atoms with E-state index in [0.717, 1.165) is 11.8 Å². The summed E-state index contributed by atoms with van der Waals surface area (Å²) in [6, 6.07) is 0. The van der Waals surface area contributed by atoms with Gasteiger partial charge in [-0.15, -0.1) is 0 Å². The highest BCUT2D eigenvalue weighted by molar-refractivity contribution is 4.64. The van der Waals surface area contributed by atoms with Crippen LogP contribution in [0.25, 0.3) is 0 Å². The molecular formula is C10H22IN. The molecule has 0 aromatic carbocycles. The first-order valence-electron chi connectivity index (χ1n) is 4.89. The normalized spacial score (nSPS) is 42.0. The van der Waals surface area contributed by atoms with E-state index in [9.17, 15) is 0 Å². The quantitative estimate of drug-likeness (QED) is 0.434. The maximum Gasteiger partial charge on any atom is 0.0810 e. The van der Waals surface area contributed by atoms with Crippen LogP contribution in [-0.2, 0) is 0 Å². The fourth-order valence-corrected chi connectivity index (χ4v) is 2.67. The molecule has 2 heteroatoms. The summed E-state index contributed by atoms with van der Waals surface area (Å²) in [6.07, 6.45) is 1.44. The van der Waals surface area contributed by atoms with Crippen LogP contribution < -0.4 is 24.0 Å². The monoisotopic (exact) mass is 283 g/mol. The van der Waals surface area contributed by atoms with Gasteiger partial charge in [0.25, 0.3) is 0 Å². The third-order valence-corrected chi connectivity index (χ3v) is 3.07. The molecule has 1 nitrogen and oxygen atoms in total. The fraction of sp³-hybridized carbons (Fsp3) is 1.00. The predicted molar refractivity (Wildman–Crippen MR) is 49.4 cm³/mol. The molecule has 0 aliphatic carbocycles. The van der Waals surface area contributed by atoms with Crippen LogP contribution in [0.2, 0.25) is 0 Å². The van der Waals surface area contributed by atoms with Gasteiger partial charge in [0, 0.05) is 11.8 Å². The number of likely N-dealkylation sites (tertiary alicyclic amines) is 1. The second-order valence-electron chi connectivity index (χ2n) is 4.75. The molecule has 0 bridgehead atoms. The lowest BCUT2D eigenvalue weighted by molar-refractivity contribution is -0.919. The van der Waals surface area contributed by atoms with Crippen molar-refractivity contribution in [3.05, 3.63) is 0 Å². The third kappa shape index (κ3) is 3.21. The molecule has 1 heterocycles. The highest BCUT2D eigenvalue weighted by Gasteiger charge is 2.31. The van der Waals surface area contributed by atoms with E-state index in [1.165, 1.54) is 30.5 Å². The maximum atomic E-state index is 2.40. The zero-order valence-corrected chi connectivity index (χ0v) is 11.0. The average Bonchev–Trinajstić information content (AvgIpc) is 1.84. The minimum Gasteiger partial charge on any atom is -1.00 e. The Hall–Kier alpha value is 0.690. The lowest BCUT2D eigenvalue weighted by Gasteiger charge is -2.42. The zero-order valence-electron chi connectivity index (χ0n) is 8.81. The van der Waals surface area contributed by atoms with Gasteiger partial charge in [0.05, 0.1) is 26.7 Å². The first-order valence-corrected chi connectivity index (χ1v) is 4.89. The highest BCUT2D eigenvalue weighted by atomic mass is 127. The van der Waals surface area contributed by atoms with Gasteiger partial charge in [-0.05, 0) is 13.3 Å². The van der Waals surface area contributed by atoms with Gasteiger partial charge >= 0.3 is 0 Å². The number of nitrogens with zero attached hydrogens (tertiary/aromatic N) is 1. The Bertz CT molecular complexity index is 126. The molecule has 2 unspecified atom stereocenters. The summed E-state index contributed by atoms with van der Waals surface area (Å²) in [7, 11) is 2.40. The molecule has 0 radical (unpaired) electrons. The molecule has 0 saturated carbocycles. The van der Waals surface area contributed by atoms with E-state index < -0.39 is 0 Å². The average molecular weight is 283 g/mol. The van der Waals surface area contributed by atoms with Crippen molar-refractivity contribution < 1.29 is 28.5 Å². The van der Waals surface area contributed by atoms with Crippen LogP contribution in [-0.4, -0.2) is 31.2 Å². The van der Waals surface area contributed by atoms with E-state index in [2.05, 4.69) is 27.8 Å². The number of rotatable bonds is 1. The lowest BCUT2D eigenvalue weighted by atomic mass is 9.90. The Kier molecular flexibility index (Phi) is 5.07. The maximum absolute atomic E-state index is 2.40. The van der Waals surface area contributed by atoms with Crippen molar-refractivity contribution in [3.63, 3.8) is 0 Å². The van der Waals surface area contributed by atoms with Crippen molar-refractivity contribution in [1.82, 2.24) is 0 Å². The van der Waals surface area contributed by atoms with Crippen LogP contribution in [0.1, 0.15) is 27.2 Å². The SMILES string of the molecule is CC[N+]1(C)CC(C)CC(C)C1.[I-]. The molecule has 0 spiro atoms. The standard InChI is InChI=1S/C10H22N.HI/c1-5-11(4)7-9(2)6-10(3)8-11;/h9-10H,5-8H2,1-4H3;1H/q+1;/p-1. The summed E-state index contributed by atoms with van der Waals surface area (Å²) in [6.45, 7) is 11.2. The Morgan fingerprint density at radius 2 is 1.58 bits per heavy atom. The van der Waals surface area contributed by atoms with Gasteiger partial charge in [-0.3, -0.25) is 0 Å². The summed E-state index contributed by atoms with van der Waals surface area (Å²) >= 11 is 0. The van der Waals surface area contributed by atoms with Gasteiger partial charge in [0.1, 0.15) is 0 Å². The summed E-state index contributed by atoms with van der Waals surface area (Å²) in [5.41, 5.74) is 0. The second-order valence-corrected chi connectivity index (χ2v) is 4.75. The van der Waals surface area contributed by atoms with Crippen LogP contribution >= 0.6 is 0 Å². The van der Waals surface area contributed by atoms with Gasteiger partial charge < -0.3 is 28.5 Å². The molecule has 0 amide bonds. The largest absolute Gasteiger partial charge is 1.00 e. The van der Waals surface area contributed by atoms with Crippen LogP contribution in [0, 0.1) is 11.8 Å². The van der Waals surface area contributed by atoms with Crippen LogP contribution in [0.5, 0.6) is 0 Å². The summed E-state index contributed by atoms with van der Waals surface area (Å²) in [5.74, 6) is 1.87. The van der Waals surface area contributed by atoms with E-state index in [-0.39, 0.29) is 24.0 Å². The predicted octanol–water partition coefficient (Wildman–Crippen LogP) is -0.867. The number of quaternary nitrogens is 1. The fourth-order valence-electron chi connectivity index (χ4n) is 2.67. The van der Waals surface area contributed by atoms with Crippen molar-refractivity contribution in [1.29, 1.82) is 0 Å². The van der Waals surface area contributed by atoms with Crippen LogP contribution in [0.15, 0.2) is 0 Å². The number of halogens is 1. The molecule has 0 aromatic heterocycles. The second kappa shape index (κ2) is 4.80. The Morgan fingerprint density at radius 3 is 1.92 bits per heavy atom. The topological polar surface area (TPSA) is 0 Å². The molecule has 12 heavy (non-hydrogen) atoms. The molecular weight excluding hydrogens is 261 g/mol. The molecule has 2 atom stereocenters. The molecule has 0 aromatic rings. The first-order chi connectivity index (χ1) is 5.06. The van der Waals surface area contributed by atoms with E-state index >= 15 is 0 Å². The Labute approximate surface area is 94.1 Å². The van der Waals surface area contributed by atoms with Crippen LogP contribution in [0.4, 0.5) is 0 Å². The molecule has 1 saturated heterocycles. The van der Waals surface area contributed by atoms with Gasteiger partial charge in [-0.2, -0.15) is 0 Å². The van der Waals surface area contributed by atoms with Crippen molar-refractivity contribution in [2.75, 3.05) is 26.7 Å². The first kappa shape index (κ1) is 12.7. The molecule has 1 fully saturated rings. The summed E-state index contributed by atoms with van der Waals surface area (Å²) < 4.78 is 1.29. The van der Waals surface area contributed by atoms with E-state index in [1.54, 1.807) is 0 Å². The number of piperidine rings is 1. The van der Waals surface area contributed by atoms with E-state index in [0.29, 0.717) is 0 Å². The van der Waals surface area contributed by atoms with Gasteiger partial charge in [-0.1, -0.05) is 13.8 Å². The molecule has 74 valence electrons. The molecule has 1 aliphatic rings. The Balaban J connectivity index is 0.00000121.